The van der Waals surface area contributed by atoms with Crippen molar-refractivity contribution in [2.75, 3.05) is 79.7 Å². The summed E-state index contributed by atoms with van der Waals surface area (Å²) < 4.78 is 60.0. The molecule has 10 N–H and O–H groups in total. The van der Waals surface area contributed by atoms with E-state index in [0.717, 1.165) is 45.0 Å². The molecular weight excluding hydrogens is 2090 g/mol. The van der Waals surface area contributed by atoms with E-state index in [1.807, 2.05) is 39.8 Å². The molecule has 0 saturated carbocycles. The third kappa shape index (κ3) is 54.3. The van der Waals surface area contributed by atoms with Crippen LogP contribution < -0.4 is 136 Å². The van der Waals surface area contributed by atoms with Crippen molar-refractivity contribution in [1.29, 1.82) is 0 Å². The van der Waals surface area contributed by atoms with Crippen molar-refractivity contribution in [1.82, 2.24) is 39.8 Å². The molecule has 2 aliphatic rings. The number of hydrogen-bond donors (Lipinski definition) is 8. The zero-order chi connectivity index (χ0) is 98.0. The molecule has 0 aliphatic carbocycles. The van der Waals surface area contributed by atoms with Crippen LogP contribution in [0.2, 0.25) is 10.2 Å². The first-order valence-electron chi connectivity index (χ1n) is 37.6. The normalized spacial score (nSPS) is 11.9. The number of aliphatic hydroxyl groups excluding tert-OH is 1. The number of esters is 6. The molecule has 131 heavy (non-hydrogen) atoms. The molecule has 12 rings (SSSR count). The Kier molecular flexibility index (Phi) is 70.9. The van der Waals surface area contributed by atoms with Crippen LogP contribution in [0.25, 0.3) is 32.7 Å². The fourth-order valence-corrected chi connectivity index (χ4v) is 10.6. The zero-order valence-electron chi connectivity index (χ0n) is 74.2. The quantitative estimate of drug-likeness (QED) is 0.00428. The Morgan fingerprint density at radius 2 is 1.05 bits per heavy atom. The molecule has 0 spiro atoms. The van der Waals surface area contributed by atoms with Crippen LogP contribution >= 0.6 is 115 Å². The number of hydrogen-bond acceptors (Lipinski definition) is 33. The number of nitrogen functional groups attached to an aromatic ring is 1. The minimum absolute atomic E-state index is 0. The Morgan fingerprint density at radius 1 is 0.641 bits per heavy atom. The first-order chi connectivity index (χ1) is 60.9. The average Bonchev–Trinajstić information content (AvgIpc) is 1.73. The zero-order valence-corrected chi connectivity index (χ0v) is 89.6. The fraction of sp³-hybridized carbons (Fsp3) is 0.321. The Balaban J connectivity index is -0.000000687. The summed E-state index contributed by atoms with van der Waals surface area (Å²) >= 11 is 31.9. The Morgan fingerprint density at radius 3 is 1.49 bits per heavy atom. The Hall–Kier alpha value is -6.28. The molecule has 0 unspecified atom stereocenters. The number of carbonyl (C=O) groups is 8. The smallest absolute Gasteiger partial charge is 1.00 e. The number of H-pyrrole nitrogens is 2. The second-order valence-corrected chi connectivity index (χ2v) is 37.2. The first kappa shape index (κ1) is 129. The number of carboxylic acids is 1. The number of benzene rings is 3. The van der Waals surface area contributed by atoms with Crippen LogP contribution in [-0.4, -0.2) is 205 Å². The number of nitrogens with one attached hydrogen (secondary N) is 2. The molecule has 7 aromatic heterocycles. The minimum atomic E-state index is -3.22. The summed E-state index contributed by atoms with van der Waals surface area (Å²) in [5.41, 5.74) is 13.6. The first-order valence-corrected chi connectivity index (χ1v) is 47.1. The van der Waals surface area contributed by atoms with Crippen LogP contribution in [0.15, 0.2) is 177 Å². The molecule has 0 atom stereocenters. The van der Waals surface area contributed by atoms with Crippen molar-refractivity contribution in [2.24, 2.45) is 5.73 Å². The number of aromatic hydroxyl groups is 2. The van der Waals surface area contributed by atoms with E-state index in [1.54, 1.807) is 131 Å². The molecule has 50 heteroatoms. The SMILES string of the molecule is CCOC(=O)CC(=O)OCC.CCOC(=O)c1c(O)c2cnccc2[nH]c1=O.CCOC(=O)c1cnccc1N.CO.COC(=O)c1ccc(B2OC(C)(C)C(C)(C)O2)cc1.COC(=O)c1ccc(Br)cc1.Clc1cc(Cl)c2cnccc2n1.NCCCN1CCCCC1.O=C(O)c1ccc(Br)cc1.O=CO[O-].O=P(Cl)(Cl)Cl.O=S(Cl)Cl.O=c1cc(O)c2cnccc2[nH]1.[H-].[K+].[K+]. The Labute approximate surface area is 894 Å². The van der Waals surface area contributed by atoms with E-state index in [2.05, 4.69) is 151 Å². The van der Waals surface area contributed by atoms with Gasteiger partial charge in [-0.15, -0.1) is 0 Å². The molecule has 0 radical (unpaired) electrons. The van der Waals surface area contributed by atoms with Gasteiger partial charge in [-0.3, -0.25) is 48.5 Å². The van der Waals surface area contributed by atoms with Gasteiger partial charge in [-0.2, -0.15) is 0 Å². The third-order valence-corrected chi connectivity index (χ3v) is 17.6. The van der Waals surface area contributed by atoms with Crippen molar-refractivity contribution in [3.8, 4) is 11.5 Å². The van der Waals surface area contributed by atoms with Gasteiger partial charge in [-0.1, -0.05) is 73.6 Å². The summed E-state index contributed by atoms with van der Waals surface area (Å²) in [6.07, 6.45) is 17.2. The number of methoxy groups -OCH3 is 2. The van der Waals surface area contributed by atoms with Gasteiger partial charge < -0.3 is 96.1 Å². The van der Waals surface area contributed by atoms with E-state index in [-0.39, 0.29) is 171 Å². The van der Waals surface area contributed by atoms with E-state index in [4.69, 9.17) is 77.9 Å². The fourth-order valence-electron chi connectivity index (χ4n) is 9.58. The molecule has 3 aromatic carbocycles. The van der Waals surface area contributed by atoms with Crippen LogP contribution in [0.3, 0.4) is 0 Å². The maximum Gasteiger partial charge on any atom is 1.00 e. The molecule has 10 aromatic rings. The summed E-state index contributed by atoms with van der Waals surface area (Å²) in [7, 11) is 10.7. The van der Waals surface area contributed by atoms with E-state index < -0.39 is 68.3 Å². The average molecular weight is 2190 g/mol. The number of nitrogens with two attached hydrogens (primary N) is 2. The molecule has 0 bridgehead atoms. The number of carbonyl (C=O) groups excluding carboxylic acids is 7. The van der Waals surface area contributed by atoms with Crippen LogP contribution in [0.5, 0.6) is 11.5 Å². The molecule has 2 saturated heterocycles. The number of ether oxygens (including phenoxy) is 6. The number of carboxylic acid groups (broad SMARTS) is 1. The second-order valence-electron chi connectivity index (χ2n) is 25.4. The topological polar surface area (TPSA) is 543 Å². The number of rotatable bonds is 16. The molecule has 9 heterocycles. The van der Waals surface area contributed by atoms with Gasteiger partial charge in [0.15, 0.2) is 5.56 Å². The molecule has 2 fully saturated rings. The van der Waals surface area contributed by atoms with Crippen LogP contribution in [0.4, 0.5) is 5.69 Å². The van der Waals surface area contributed by atoms with E-state index in [0.29, 0.717) is 66.5 Å². The summed E-state index contributed by atoms with van der Waals surface area (Å²) in [6.45, 7) is 20.3. The number of aliphatic hydroxyl groups is 1. The monoisotopic (exact) mass is 2180 g/mol. The number of aromatic carboxylic acids is 1. The Bertz CT molecular complexity index is 5300. The summed E-state index contributed by atoms with van der Waals surface area (Å²) in [5, 5.41) is 42.5. The number of nitrogens with zero attached hydrogens (tertiary/aromatic N) is 6. The third-order valence-electron chi connectivity index (χ3n) is 16.0. The van der Waals surface area contributed by atoms with Crippen molar-refractivity contribution in [3.05, 3.63) is 226 Å². The second kappa shape index (κ2) is 72.1. The van der Waals surface area contributed by atoms with E-state index in [9.17, 15) is 57.9 Å². The van der Waals surface area contributed by atoms with Gasteiger partial charge >= 0.3 is 157 Å². The largest absolute Gasteiger partial charge is 1.00 e. The standard InChI is InChI=1S/C14H19BO4.C11H10N2O4.C8H7BrO2.C8H4Cl2N2.C8H6N2O2.C8H10N2O2.C8H18N2.C7H5BrO2.C7H12O4.CH2O3.CH4O.Cl3OP.Cl2OS.2K.H/c1-13(2)14(3,4)19-15(18-13)11-8-6-10(7-9-11)12(16)17-5;1-2-17-11(16)8-9(14)6-5-12-4-3-7(6)13-10(8)15;1-11-8(10)6-2-4-7(9)5-3-6;9-6-3-8(10)12-7-1-2-11-4-5(6)7;11-7-3-8(12)10-6-1-2-9-4-5(6)7;1-2-12-8(11)6-5-10-4-3-7(6)9;9-5-4-8-10-6-2-1-3-7-10;8-6-3-1-5(2-4-6)7(9)10;1-3-10-6(8)5-7(9)11-4-2;2-1-4-3;1-2;1-5(2,3)4;1-4(2)3;;;/h6-9H,1-5H3;3-5H,2H2,1H3,(H2,13,14,15);2-5H,1H3;1-4H;1-4H,(H2,10,11,12);3-5H,2H2,1H3,(H2,9,10);1-9H2;1-4H,(H,9,10);3-5H2,1-2H3;1,3H;2H,1H3;;;;;/q;;;;;;;;;;;;;2*+1;-1/p-1. The van der Waals surface area contributed by atoms with Gasteiger partial charge in [-0.25, -0.2) is 33.2 Å². The van der Waals surface area contributed by atoms with E-state index in [1.165, 1.54) is 96.6 Å². The molecular formula is C81H97BBr2Cl7K2N10O26PS. The van der Waals surface area contributed by atoms with Crippen LogP contribution in [0, 0.1) is 0 Å². The number of anilines is 1. The molecule has 2 aliphatic heterocycles. The number of aromatic amines is 2. The minimum Gasteiger partial charge on any atom is -1.00 e. The summed E-state index contributed by atoms with van der Waals surface area (Å²) in [4.78, 5) is 137. The maximum absolute atomic E-state index is 11.6. The molecule has 0 amide bonds. The van der Waals surface area contributed by atoms with E-state index >= 15 is 0 Å². The predicted octanol–water partition coefficient (Wildman–Crippen LogP) is 8.71. The van der Waals surface area contributed by atoms with Gasteiger partial charge in [0.2, 0.25) is 9.23 Å². The van der Waals surface area contributed by atoms with Gasteiger partial charge in [0.05, 0.1) is 101 Å². The van der Waals surface area contributed by atoms with Crippen molar-refractivity contribution in [3.63, 3.8) is 0 Å². The van der Waals surface area contributed by atoms with Crippen molar-refractivity contribution in [2.45, 2.75) is 98.7 Å². The van der Waals surface area contributed by atoms with Crippen molar-refractivity contribution < 1.29 is 220 Å². The van der Waals surface area contributed by atoms with Gasteiger partial charge in [-0.05, 0) is 231 Å². The number of likely N-dealkylation sites (tertiary alicyclic amines) is 1. The van der Waals surface area contributed by atoms with Crippen LogP contribution in [0.1, 0.15) is 141 Å². The van der Waals surface area contributed by atoms with Gasteiger partial charge in [0, 0.05) is 104 Å². The van der Waals surface area contributed by atoms with Gasteiger partial charge in [0.1, 0.15) is 28.6 Å². The van der Waals surface area contributed by atoms with Crippen LogP contribution in [-0.2, 0) is 70.8 Å². The maximum atomic E-state index is 11.6. The molecule has 706 valence electrons. The van der Waals surface area contributed by atoms with Gasteiger partial charge in [0.25, 0.3) is 17.6 Å². The number of aromatic nitrogens is 7. The summed E-state index contributed by atoms with van der Waals surface area (Å²) in [5.74, 6) is -4.35. The number of halogens is 9. The van der Waals surface area contributed by atoms with Crippen molar-refractivity contribution >= 4 is 224 Å². The number of piperidine rings is 1. The molecule has 36 nitrogen and oxygen atoms in total. The number of fused-ring (bicyclic) bond motifs is 3. The number of pyridine rings is 7. The summed E-state index contributed by atoms with van der Waals surface area (Å²) in [6, 6.07) is 29.8. The predicted molar refractivity (Wildman–Crippen MR) is 502 cm³/mol.